The van der Waals surface area contributed by atoms with Gasteiger partial charge in [-0.2, -0.15) is 0 Å². The fourth-order valence-corrected chi connectivity index (χ4v) is 1.74. The molecule has 2 aromatic carbocycles. The first-order valence-electron chi connectivity index (χ1n) is 6.07. The molecule has 106 valence electrons. The summed E-state index contributed by atoms with van der Waals surface area (Å²) in [7, 11) is 0. The van der Waals surface area contributed by atoms with Crippen LogP contribution in [-0.2, 0) is 0 Å². The smallest absolute Gasteiger partial charge is 0.165 e. The van der Waals surface area contributed by atoms with Crippen molar-refractivity contribution in [1.82, 2.24) is 0 Å². The van der Waals surface area contributed by atoms with Gasteiger partial charge in [-0.05, 0) is 42.3 Å². The Labute approximate surface area is 115 Å². The van der Waals surface area contributed by atoms with Gasteiger partial charge in [0.2, 0.25) is 0 Å². The van der Waals surface area contributed by atoms with E-state index in [0.29, 0.717) is 5.56 Å². The van der Waals surface area contributed by atoms with Crippen molar-refractivity contribution in [2.45, 2.75) is 13.0 Å². The van der Waals surface area contributed by atoms with Gasteiger partial charge in [-0.15, -0.1) is 0 Å². The molecule has 0 saturated heterocycles. The van der Waals surface area contributed by atoms with Gasteiger partial charge in [0, 0.05) is 0 Å². The van der Waals surface area contributed by atoms with Crippen LogP contribution < -0.4 is 10.5 Å². The second-order valence-corrected chi connectivity index (χ2v) is 4.52. The third-order valence-corrected chi connectivity index (χ3v) is 2.88. The van der Waals surface area contributed by atoms with E-state index in [0.717, 1.165) is 17.7 Å². The van der Waals surface area contributed by atoms with E-state index in [-0.39, 0.29) is 12.4 Å². The highest BCUT2D eigenvalue weighted by Gasteiger charge is 2.12. The summed E-state index contributed by atoms with van der Waals surface area (Å²) in [5, 5.41) is 0. The zero-order valence-electron chi connectivity index (χ0n) is 10.9. The topological polar surface area (TPSA) is 35.2 Å². The maximum atomic E-state index is 13.5. The van der Waals surface area contributed by atoms with Gasteiger partial charge in [-0.1, -0.05) is 12.1 Å². The van der Waals surface area contributed by atoms with Gasteiger partial charge in [0.15, 0.2) is 23.2 Å². The average Bonchev–Trinajstić information content (AvgIpc) is 2.42. The standard InChI is InChI=1S/C15H14F3NO/c1-9-2-4-12(17)15(6-9)20-8-14(19)10-3-5-11(16)13(18)7-10/h2-7,14H,8,19H2,1H3. The van der Waals surface area contributed by atoms with Crippen LogP contribution in [0.2, 0.25) is 0 Å². The van der Waals surface area contributed by atoms with Crippen LogP contribution in [0.5, 0.6) is 5.75 Å². The van der Waals surface area contributed by atoms with Crippen LogP contribution in [0.1, 0.15) is 17.2 Å². The van der Waals surface area contributed by atoms with Gasteiger partial charge in [-0.3, -0.25) is 0 Å². The third-order valence-electron chi connectivity index (χ3n) is 2.88. The predicted molar refractivity (Wildman–Crippen MR) is 69.9 cm³/mol. The lowest BCUT2D eigenvalue weighted by molar-refractivity contribution is 0.277. The maximum absolute atomic E-state index is 13.5. The molecule has 2 nitrogen and oxygen atoms in total. The molecule has 0 aliphatic rings. The summed E-state index contributed by atoms with van der Waals surface area (Å²) >= 11 is 0. The summed E-state index contributed by atoms with van der Waals surface area (Å²) < 4.78 is 44.7. The Morgan fingerprint density at radius 2 is 1.70 bits per heavy atom. The van der Waals surface area contributed by atoms with Crippen molar-refractivity contribution >= 4 is 0 Å². The molecule has 0 fully saturated rings. The lowest BCUT2D eigenvalue weighted by Gasteiger charge is -2.14. The van der Waals surface area contributed by atoms with Crippen LogP contribution >= 0.6 is 0 Å². The molecule has 0 bridgehead atoms. The zero-order chi connectivity index (χ0) is 14.7. The Morgan fingerprint density at radius 3 is 2.40 bits per heavy atom. The van der Waals surface area contributed by atoms with Crippen molar-refractivity contribution in [3.05, 3.63) is 65.0 Å². The summed E-state index contributed by atoms with van der Waals surface area (Å²) in [5.41, 5.74) is 7.05. The van der Waals surface area contributed by atoms with Crippen LogP contribution in [0.15, 0.2) is 36.4 Å². The Hall–Kier alpha value is -2.01. The first-order chi connectivity index (χ1) is 9.47. The molecule has 0 aliphatic heterocycles. The van der Waals surface area contributed by atoms with Gasteiger partial charge in [0.1, 0.15) is 6.61 Å². The maximum Gasteiger partial charge on any atom is 0.165 e. The Morgan fingerprint density at radius 1 is 1.00 bits per heavy atom. The van der Waals surface area contributed by atoms with E-state index in [1.54, 1.807) is 12.1 Å². The summed E-state index contributed by atoms with van der Waals surface area (Å²) in [6.45, 7) is 1.77. The van der Waals surface area contributed by atoms with E-state index in [9.17, 15) is 13.2 Å². The molecule has 2 N–H and O–H groups in total. The van der Waals surface area contributed by atoms with Crippen LogP contribution in [0.3, 0.4) is 0 Å². The highest BCUT2D eigenvalue weighted by Crippen LogP contribution is 2.21. The zero-order valence-corrected chi connectivity index (χ0v) is 10.9. The number of hydrogen-bond donors (Lipinski definition) is 1. The van der Waals surface area contributed by atoms with E-state index >= 15 is 0 Å². The Kier molecular flexibility index (Phi) is 4.29. The minimum atomic E-state index is -0.973. The molecule has 2 rings (SSSR count). The molecule has 0 radical (unpaired) electrons. The van der Waals surface area contributed by atoms with Gasteiger partial charge in [0.25, 0.3) is 0 Å². The van der Waals surface area contributed by atoms with Crippen molar-refractivity contribution in [2.24, 2.45) is 5.73 Å². The highest BCUT2D eigenvalue weighted by atomic mass is 19.2. The summed E-state index contributed by atoms with van der Waals surface area (Å²) in [6, 6.07) is 7.18. The number of benzene rings is 2. The molecule has 2 aromatic rings. The lowest BCUT2D eigenvalue weighted by Crippen LogP contribution is -2.19. The highest BCUT2D eigenvalue weighted by molar-refractivity contribution is 5.29. The minimum absolute atomic E-state index is 0.0363. The van der Waals surface area contributed by atoms with Crippen LogP contribution in [0.25, 0.3) is 0 Å². The van der Waals surface area contributed by atoms with Crippen molar-refractivity contribution in [3.63, 3.8) is 0 Å². The van der Waals surface area contributed by atoms with Gasteiger partial charge in [-0.25, -0.2) is 13.2 Å². The van der Waals surface area contributed by atoms with Crippen LogP contribution in [0, 0.1) is 24.4 Å². The molecule has 0 amide bonds. The predicted octanol–water partition coefficient (Wildman–Crippen LogP) is 3.49. The monoisotopic (exact) mass is 281 g/mol. The van der Waals surface area contributed by atoms with Crippen LogP contribution in [-0.4, -0.2) is 6.61 Å². The van der Waals surface area contributed by atoms with E-state index in [2.05, 4.69) is 0 Å². The molecular weight excluding hydrogens is 267 g/mol. The molecule has 1 atom stereocenters. The molecule has 0 aliphatic carbocycles. The molecule has 5 heteroatoms. The summed E-state index contributed by atoms with van der Waals surface area (Å²) in [4.78, 5) is 0. The van der Waals surface area contributed by atoms with Crippen molar-refractivity contribution in [3.8, 4) is 5.75 Å². The van der Waals surface area contributed by atoms with Gasteiger partial charge < -0.3 is 10.5 Å². The largest absolute Gasteiger partial charge is 0.489 e. The summed E-state index contributed by atoms with van der Waals surface area (Å²) in [5.74, 6) is -2.32. The second-order valence-electron chi connectivity index (χ2n) is 4.52. The number of rotatable bonds is 4. The van der Waals surface area contributed by atoms with Crippen molar-refractivity contribution in [1.29, 1.82) is 0 Å². The number of aryl methyl sites for hydroxylation is 1. The Balaban J connectivity index is 2.06. The lowest BCUT2D eigenvalue weighted by atomic mass is 10.1. The quantitative estimate of drug-likeness (QED) is 0.931. The third kappa shape index (κ3) is 3.30. The fraction of sp³-hybridized carbons (Fsp3) is 0.200. The number of nitrogens with two attached hydrogens (primary N) is 1. The van der Waals surface area contributed by atoms with Crippen molar-refractivity contribution < 1.29 is 17.9 Å². The number of hydrogen-bond acceptors (Lipinski definition) is 2. The molecule has 1 unspecified atom stereocenters. The SMILES string of the molecule is Cc1ccc(F)c(OCC(N)c2ccc(F)c(F)c2)c1. The summed E-state index contributed by atoms with van der Waals surface area (Å²) in [6.07, 6.45) is 0. The molecule has 20 heavy (non-hydrogen) atoms. The van der Waals surface area contributed by atoms with Gasteiger partial charge >= 0.3 is 0 Å². The van der Waals surface area contributed by atoms with E-state index in [4.69, 9.17) is 10.5 Å². The molecular formula is C15H14F3NO. The molecule has 0 aromatic heterocycles. The van der Waals surface area contributed by atoms with Crippen molar-refractivity contribution in [2.75, 3.05) is 6.61 Å². The van der Waals surface area contributed by atoms with E-state index in [1.807, 2.05) is 6.92 Å². The number of ether oxygens (including phenoxy) is 1. The molecule has 0 spiro atoms. The van der Waals surface area contributed by atoms with E-state index < -0.39 is 23.5 Å². The normalized spacial score (nSPS) is 12.2. The van der Waals surface area contributed by atoms with E-state index in [1.165, 1.54) is 12.1 Å². The minimum Gasteiger partial charge on any atom is -0.489 e. The first-order valence-corrected chi connectivity index (χ1v) is 6.07. The van der Waals surface area contributed by atoms with Crippen LogP contribution in [0.4, 0.5) is 13.2 Å². The van der Waals surface area contributed by atoms with Gasteiger partial charge in [0.05, 0.1) is 6.04 Å². The fourth-order valence-electron chi connectivity index (χ4n) is 1.74. The molecule has 0 heterocycles. The number of halogens is 3. The average molecular weight is 281 g/mol. The molecule has 0 saturated carbocycles. The Bertz CT molecular complexity index is 616. The first kappa shape index (κ1) is 14.4. The second kappa shape index (κ2) is 5.96.